The SMILES string of the molecule is c1ccc2c(c1)sc1c3cc4sc5c6ccccc6sc5c4cc3sc21.c1ccc2cc3c(cc2c1)sc1c2cc4sc5c6cc7ccccc7cc6sc5c4cc2sc31. The molecule has 16 aromatic rings. The van der Waals surface area contributed by atoms with Crippen molar-refractivity contribution >= 4 is 231 Å². The van der Waals surface area contributed by atoms with Crippen LogP contribution in [-0.2, 0) is 0 Å². The predicted molar refractivity (Wildman–Crippen MR) is 281 cm³/mol. The first-order valence-electron chi connectivity index (χ1n) is 19.7. The number of benzene rings is 8. The predicted octanol–water partition coefficient (Wildman–Crippen LogP) is 20.0. The van der Waals surface area contributed by atoms with Crippen molar-refractivity contribution in [2.45, 2.75) is 0 Å². The van der Waals surface area contributed by atoms with Gasteiger partial charge >= 0.3 is 0 Å². The lowest BCUT2D eigenvalue weighted by molar-refractivity contribution is 1.82. The van der Waals surface area contributed by atoms with E-state index >= 15 is 0 Å². The molecule has 0 N–H and O–H groups in total. The number of rotatable bonds is 0. The van der Waals surface area contributed by atoms with Crippen LogP contribution in [0.2, 0.25) is 0 Å². The van der Waals surface area contributed by atoms with Crippen molar-refractivity contribution in [3.8, 4) is 0 Å². The second-order valence-corrected chi connectivity index (χ2v) is 23.9. The van der Waals surface area contributed by atoms with Gasteiger partial charge in [-0.05, 0) is 82.2 Å². The normalized spacial score (nSPS) is 12.7. The summed E-state index contributed by atoms with van der Waals surface area (Å²) in [7, 11) is 0. The molecular formula is C52H24S8. The molecule has 8 heteroatoms. The molecule has 0 aliphatic rings. The van der Waals surface area contributed by atoms with Gasteiger partial charge in [-0.3, -0.25) is 0 Å². The van der Waals surface area contributed by atoms with Gasteiger partial charge in [-0.15, -0.1) is 90.7 Å². The van der Waals surface area contributed by atoms with Crippen LogP contribution in [0, 0.1) is 0 Å². The molecule has 0 atom stereocenters. The second-order valence-electron chi connectivity index (χ2n) is 15.5. The molecule has 8 aromatic heterocycles. The smallest absolute Gasteiger partial charge is 0.0542 e. The van der Waals surface area contributed by atoms with Gasteiger partial charge < -0.3 is 0 Å². The van der Waals surface area contributed by atoms with E-state index in [-0.39, 0.29) is 0 Å². The molecule has 0 aliphatic carbocycles. The largest absolute Gasteiger partial charge is 0.134 e. The molecule has 60 heavy (non-hydrogen) atoms. The highest BCUT2D eigenvalue weighted by molar-refractivity contribution is 7.39. The van der Waals surface area contributed by atoms with Gasteiger partial charge in [-0.2, -0.15) is 0 Å². The van der Waals surface area contributed by atoms with Crippen molar-refractivity contribution in [2.24, 2.45) is 0 Å². The molecule has 0 amide bonds. The quantitative estimate of drug-likeness (QED) is 0.142. The zero-order chi connectivity index (χ0) is 38.8. The lowest BCUT2D eigenvalue weighted by Crippen LogP contribution is -1.70. The van der Waals surface area contributed by atoms with Crippen LogP contribution in [0.15, 0.2) is 146 Å². The highest BCUT2D eigenvalue weighted by Gasteiger charge is 2.19. The molecule has 280 valence electrons. The fourth-order valence-electron chi connectivity index (χ4n) is 9.29. The molecule has 8 heterocycles. The Hall–Kier alpha value is -5.00. The monoisotopic (exact) mass is 904 g/mol. The molecule has 16 rings (SSSR count). The van der Waals surface area contributed by atoms with Crippen LogP contribution in [0.25, 0.3) is 140 Å². The van der Waals surface area contributed by atoms with E-state index in [1.54, 1.807) is 0 Å². The summed E-state index contributed by atoms with van der Waals surface area (Å²) in [4.78, 5) is 0. The number of thiophene rings is 8. The number of hydrogen-bond donors (Lipinski definition) is 0. The van der Waals surface area contributed by atoms with E-state index in [0.717, 1.165) is 0 Å². The summed E-state index contributed by atoms with van der Waals surface area (Å²) in [6.07, 6.45) is 0. The zero-order valence-electron chi connectivity index (χ0n) is 31.1. The summed E-state index contributed by atoms with van der Waals surface area (Å²) in [5.74, 6) is 0. The molecule has 0 fully saturated rings. The van der Waals surface area contributed by atoms with Gasteiger partial charge in [0, 0.05) is 80.7 Å². The van der Waals surface area contributed by atoms with Crippen LogP contribution in [0.5, 0.6) is 0 Å². The maximum atomic E-state index is 2.46. The maximum absolute atomic E-state index is 2.46. The molecule has 0 nitrogen and oxygen atoms in total. The lowest BCUT2D eigenvalue weighted by Gasteiger charge is -1.98. The minimum atomic E-state index is 1.33. The Morgan fingerprint density at radius 3 is 0.767 bits per heavy atom. The second kappa shape index (κ2) is 12.3. The fraction of sp³-hybridized carbons (Fsp3) is 0. The number of hydrogen-bond acceptors (Lipinski definition) is 8. The van der Waals surface area contributed by atoms with Crippen molar-refractivity contribution in [1.29, 1.82) is 0 Å². The highest BCUT2D eigenvalue weighted by Crippen LogP contribution is 2.52. The van der Waals surface area contributed by atoms with E-state index in [4.69, 9.17) is 0 Å². The van der Waals surface area contributed by atoms with E-state index in [9.17, 15) is 0 Å². The van der Waals surface area contributed by atoms with E-state index in [2.05, 4.69) is 146 Å². The van der Waals surface area contributed by atoms with E-state index in [1.807, 2.05) is 90.7 Å². The van der Waals surface area contributed by atoms with Crippen LogP contribution in [0.4, 0.5) is 0 Å². The van der Waals surface area contributed by atoms with Gasteiger partial charge in [-0.1, -0.05) is 84.9 Å². The lowest BCUT2D eigenvalue weighted by atomic mass is 10.1. The van der Waals surface area contributed by atoms with Crippen LogP contribution >= 0.6 is 90.7 Å². The summed E-state index contributed by atoms with van der Waals surface area (Å²) in [5, 5.41) is 16.6. The first-order chi connectivity index (χ1) is 29.7. The molecule has 0 aliphatic heterocycles. The Labute approximate surface area is 372 Å². The Kier molecular flexibility index (Phi) is 6.91. The highest BCUT2D eigenvalue weighted by atomic mass is 32.1. The summed E-state index contributed by atoms with van der Waals surface area (Å²) < 4.78 is 22.8. The molecule has 0 unspecified atom stereocenters. The standard InChI is InChI=1S/C30H14S4.C22H10S4/c1-3-7-17-11-23-19(9-15(17)5-1)27-29(31-23)21-13-26-22(14-25(21)33-27)30-28(34-26)20-10-16-6-2-4-8-18(16)12-24(20)32-30;1-3-7-15-11(5-1)19-21(23-15)13-9-18-14(10-17(13)25-19)22-20(26-18)12-6-2-4-8-16(12)24-22/h1-14H;1-10H. The number of fused-ring (bicyclic) bond motifs is 22. The van der Waals surface area contributed by atoms with Crippen molar-refractivity contribution < 1.29 is 0 Å². The van der Waals surface area contributed by atoms with Gasteiger partial charge in [-0.25, -0.2) is 0 Å². The Morgan fingerprint density at radius 2 is 0.417 bits per heavy atom. The van der Waals surface area contributed by atoms with Crippen LogP contribution < -0.4 is 0 Å². The average molecular weight is 905 g/mol. The van der Waals surface area contributed by atoms with Gasteiger partial charge in [0.05, 0.1) is 37.6 Å². The minimum Gasteiger partial charge on any atom is -0.134 e. The zero-order valence-corrected chi connectivity index (χ0v) is 37.7. The van der Waals surface area contributed by atoms with E-state index in [0.29, 0.717) is 0 Å². The molecule has 0 spiro atoms. The maximum Gasteiger partial charge on any atom is 0.0542 e. The van der Waals surface area contributed by atoms with Crippen molar-refractivity contribution in [1.82, 2.24) is 0 Å². The summed E-state index contributed by atoms with van der Waals surface area (Å²) in [6, 6.07) is 54.3. The first kappa shape index (κ1) is 33.7. The van der Waals surface area contributed by atoms with Gasteiger partial charge in [0.1, 0.15) is 0 Å². The van der Waals surface area contributed by atoms with E-state index < -0.39 is 0 Å². The van der Waals surface area contributed by atoms with E-state index in [1.165, 1.54) is 140 Å². The summed E-state index contributed by atoms with van der Waals surface area (Å²) >= 11 is 15.6. The molecule has 0 saturated carbocycles. The van der Waals surface area contributed by atoms with Crippen LogP contribution in [-0.4, -0.2) is 0 Å². The Bertz CT molecular complexity index is 4200. The topological polar surface area (TPSA) is 0 Å². The molecule has 0 saturated heterocycles. The third kappa shape index (κ3) is 4.68. The Morgan fingerprint density at radius 1 is 0.183 bits per heavy atom. The van der Waals surface area contributed by atoms with Gasteiger partial charge in [0.25, 0.3) is 0 Å². The minimum absolute atomic E-state index is 1.33. The van der Waals surface area contributed by atoms with Crippen LogP contribution in [0.1, 0.15) is 0 Å². The summed E-state index contributed by atoms with van der Waals surface area (Å²) in [6.45, 7) is 0. The van der Waals surface area contributed by atoms with Crippen molar-refractivity contribution in [3.63, 3.8) is 0 Å². The van der Waals surface area contributed by atoms with Gasteiger partial charge in [0.2, 0.25) is 0 Å². The molecule has 8 aromatic carbocycles. The fourth-order valence-corrected chi connectivity index (χ4v) is 20.0. The Balaban J connectivity index is 0.000000118. The third-order valence-electron chi connectivity index (χ3n) is 12.1. The molecule has 0 radical (unpaired) electrons. The van der Waals surface area contributed by atoms with Crippen molar-refractivity contribution in [2.75, 3.05) is 0 Å². The van der Waals surface area contributed by atoms with Crippen molar-refractivity contribution in [3.05, 3.63) is 146 Å². The van der Waals surface area contributed by atoms with Gasteiger partial charge in [0.15, 0.2) is 0 Å². The first-order valence-corrected chi connectivity index (χ1v) is 26.2. The molecule has 0 bridgehead atoms. The van der Waals surface area contributed by atoms with Crippen LogP contribution in [0.3, 0.4) is 0 Å². The third-order valence-corrected chi connectivity index (χ3v) is 22.2. The molecular weight excluding hydrogens is 881 g/mol. The summed E-state index contributed by atoms with van der Waals surface area (Å²) in [5.41, 5.74) is 0. The average Bonchev–Trinajstić information content (AvgIpc) is 4.16.